The first-order chi connectivity index (χ1) is 17.1. The Morgan fingerprint density at radius 3 is 1.83 bits per heavy atom. The number of hydrogen-bond acceptors (Lipinski definition) is 8. The summed E-state index contributed by atoms with van der Waals surface area (Å²) < 4.78 is 85.3. The number of esters is 1. The second-order valence-corrected chi connectivity index (χ2v) is 6.91. The van der Waals surface area contributed by atoms with Crippen LogP contribution in [0.25, 0.3) is 0 Å². The molecule has 1 aromatic rings. The topological polar surface area (TPSA) is 120 Å². The molecular weight excluding hydrogens is 503 g/mol. The maximum Gasteiger partial charge on any atom is 0.337 e. The van der Waals surface area contributed by atoms with E-state index < -0.39 is 59.2 Å². The first kappa shape index (κ1) is 28.8. The lowest BCUT2D eigenvalue weighted by Crippen LogP contribution is -2.35. The summed E-state index contributed by atoms with van der Waals surface area (Å²) in [5, 5.41) is 2.55. The van der Waals surface area contributed by atoms with Gasteiger partial charge in [0.2, 0.25) is 40.7 Å². The van der Waals surface area contributed by atoms with Crippen LogP contribution < -0.4 is 10.1 Å². The molecule has 2 rings (SSSR count). The minimum atomic E-state index is -2.38. The lowest BCUT2D eigenvalue weighted by atomic mass is 10.2. The van der Waals surface area contributed by atoms with Crippen molar-refractivity contribution < 1.29 is 60.1 Å². The molecule has 0 spiro atoms. The number of carbonyl (C=O) groups excluding carboxylic acids is 4. The summed E-state index contributed by atoms with van der Waals surface area (Å²) >= 11 is 0. The molecule has 36 heavy (non-hydrogen) atoms. The monoisotopic (exact) mass is 524 g/mol. The molecule has 0 atom stereocenters. The van der Waals surface area contributed by atoms with Crippen LogP contribution in [0, 0.1) is 29.1 Å². The van der Waals surface area contributed by atoms with Gasteiger partial charge in [0.1, 0.15) is 6.61 Å². The van der Waals surface area contributed by atoms with Crippen molar-refractivity contribution in [3.05, 3.63) is 41.2 Å². The van der Waals surface area contributed by atoms with E-state index in [9.17, 15) is 41.1 Å². The zero-order chi connectivity index (χ0) is 26.7. The molecule has 0 aliphatic carbocycles. The van der Waals surface area contributed by atoms with Crippen molar-refractivity contribution in [3.8, 4) is 5.75 Å². The fourth-order valence-corrected chi connectivity index (χ4v) is 2.63. The van der Waals surface area contributed by atoms with E-state index >= 15 is 0 Å². The number of ether oxygens (including phenoxy) is 4. The molecule has 1 aliphatic rings. The van der Waals surface area contributed by atoms with Crippen LogP contribution in [0.4, 0.5) is 22.0 Å². The molecule has 198 valence electrons. The van der Waals surface area contributed by atoms with Crippen LogP contribution in [0.2, 0.25) is 0 Å². The standard InChI is InChI=1S/C21H21F5N2O8/c22-16-17(23)19(25)21(20(26)18(16)24)36-15(32)11-35-10-9-34-8-7-33-6-4-27-12(29)3-5-28-13(30)1-2-14(28)31/h1-2H,3-11H2,(H,27,29). The Kier molecular flexibility index (Phi) is 11.4. The van der Waals surface area contributed by atoms with Crippen molar-refractivity contribution in [1.82, 2.24) is 10.2 Å². The Bertz CT molecular complexity index is 974. The van der Waals surface area contributed by atoms with Crippen LogP contribution in [0.5, 0.6) is 5.75 Å². The number of benzene rings is 1. The maximum absolute atomic E-state index is 13.4. The highest BCUT2D eigenvalue weighted by Gasteiger charge is 2.28. The molecule has 0 saturated heterocycles. The van der Waals surface area contributed by atoms with E-state index in [0.717, 1.165) is 17.1 Å². The molecule has 3 amide bonds. The smallest absolute Gasteiger partial charge is 0.337 e. The molecular formula is C21H21F5N2O8. The average Bonchev–Trinajstić information content (AvgIpc) is 3.18. The van der Waals surface area contributed by atoms with E-state index in [2.05, 4.69) is 10.1 Å². The highest BCUT2D eigenvalue weighted by atomic mass is 19.2. The predicted molar refractivity (Wildman–Crippen MR) is 108 cm³/mol. The second-order valence-electron chi connectivity index (χ2n) is 6.91. The fourth-order valence-electron chi connectivity index (χ4n) is 2.63. The lowest BCUT2D eigenvalue weighted by molar-refractivity contribution is -0.141. The molecule has 1 aliphatic heterocycles. The number of nitrogens with one attached hydrogen (secondary N) is 1. The van der Waals surface area contributed by atoms with Crippen molar-refractivity contribution in [3.63, 3.8) is 0 Å². The first-order valence-corrected chi connectivity index (χ1v) is 10.4. The Hall–Kier alpha value is -3.43. The molecule has 0 saturated carbocycles. The molecule has 1 N–H and O–H groups in total. The molecule has 0 bridgehead atoms. The number of halogens is 5. The van der Waals surface area contributed by atoms with Gasteiger partial charge in [0.25, 0.3) is 11.8 Å². The molecule has 0 unspecified atom stereocenters. The van der Waals surface area contributed by atoms with Crippen molar-refractivity contribution in [2.45, 2.75) is 6.42 Å². The number of amides is 3. The molecule has 1 heterocycles. The summed E-state index contributed by atoms with van der Waals surface area (Å²) in [7, 11) is 0. The number of imide groups is 1. The normalized spacial score (nSPS) is 13.0. The van der Waals surface area contributed by atoms with E-state index in [4.69, 9.17) is 14.2 Å². The van der Waals surface area contributed by atoms with Crippen LogP contribution >= 0.6 is 0 Å². The first-order valence-electron chi connectivity index (χ1n) is 10.4. The largest absolute Gasteiger partial charge is 0.418 e. The third-order valence-electron chi connectivity index (χ3n) is 4.38. The van der Waals surface area contributed by atoms with Crippen molar-refractivity contribution in [1.29, 1.82) is 0 Å². The fraction of sp³-hybridized carbons (Fsp3) is 0.429. The van der Waals surface area contributed by atoms with E-state index in [1.165, 1.54) is 0 Å². The molecule has 0 radical (unpaired) electrons. The van der Waals surface area contributed by atoms with Gasteiger partial charge in [-0.3, -0.25) is 19.3 Å². The molecule has 0 fully saturated rings. The van der Waals surface area contributed by atoms with Gasteiger partial charge in [-0.2, -0.15) is 8.78 Å². The van der Waals surface area contributed by atoms with Gasteiger partial charge in [-0.25, -0.2) is 18.0 Å². The number of carbonyl (C=O) groups is 4. The van der Waals surface area contributed by atoms with Crippen molar-refractivity contribution in [2.24, 2.45) is 0 Å². The molecule has 10 nitrogen and oxygen atoms in total. The second kappa shape index (κ2) is 14.2. The SMILES string of the molecule is O=C(CCN1C(=O)C=CC1=O)NCCOCCOCCOCC(=O)Oc1c(F)c(F)c(F)c(F)c1F. The zero-order valence-corrected chi connectivity index (χ0v) is 18.6. The average molecular weight is 524 g/mol. The summed E-state index contributed by atoms with van der Waals surface area (Å²) in [5.74, 6) is -15.9. The van der Waals surface area contributed by atoms with E-state index in [1.807, 2.05) is 0 Å². The van der Waals surface area contributed by atoms with Gasteiger partial charge in [0.05, 0.1) is 33.0 Å². The van der Waals surface area contributed by atoms with Gasteiger partial charge >= 0.3 is 5.97 Å². The Labute approximate surface area is 200 Å². The van der Waals surface area contributed by atoms with Gasteiger partial charge in [0, 0.05) is 31.7 Å². The Morgan fingerprint density at radius 2 is 1.25 bits per heavy atom. The van der Waals surface area contributed by atoms with Gasteiger partial charge in [0.15, 0.2) is 0 Å². The zero-order valence-electron chi connectivity index (χ0n) is 18.6. The minimum Gasteiger partial charge on any atom is -0.418 e. The van der Waals surface area contributed by atoms with Gasteiger partial charge in [-0.15, -0.1) is 0 Å². The molecule has 15 heteroatoms. The number of nitrogens with zero attached hydrogens (tertiary/aromatic N) is 1. The van der Waals surface area contributed by atoms with Crippen LogP contribution in [0.1, 0.15) is 6.42 Å². The number of hydrogen-bond donors (Lipinski definition) is 1. The van der Waals surface area contributed by atoms with Crippen LogP contribution in [-0.4, -0.2) is 81.3 Å². The van der Waals surface area contributed by atoms with E-state index in [0.29, 0.717) is 0 Å². The van der Waals surface area contributed by atoms with Gasteiger partial charge in [-0.1, -0.05) is 0 Å². The third kappa shape index (κ3) is 8.35. The lowest BCUT2D eigenvalue weighted by Gasteiger charge is -2.13. The van der Waals surface area contributed by atoms with E-state index in [1.54, 1.807) is 0 Å². The highest BCUT2D eigenvalue weighted by Crippen LogP contribution is 2.29. The van der Waals surface area contributed by atoms with Crippen molar-refractivity contribution >= 4 is 23.7 Å². The molecule has 0 aromatic heterocycles. The van der Waals surface area contributed by atoms with Crippen molar-refractivity contribution in [2.75, 3.05) is 52.7 Å². The molecule has 1 aromatic carbocycles. The summed E-state index contributed by atoms with van der Waals surface area (Å²) in [6.07, 6.45) is 2.21. The Balaban J connectivity index is 1.46. The summed E-state index contributed by atoms with van der Waals surface area (Å²) in [6, 6.07) is 0. The highest BCUT2D eigenvalue weighted by molar-refractivity contribution is 6.13. The summed E-state index contributed by atoms with van der Waals surface area (Å²) in [4.78, 5) is 46.9. The quantitative estimate of drug-likeness (QED) is 0.0680. The van der Waals surface area contributed by atoms with Crippen LogP contribution in [0.15, 0.2) is 12.2 Å². The number of rotatable bonds is 15. The predicted octanol–water partition coefficient (Wildman–Crippen LogP) is 0.769. The van der Waals surface area contributed by atoms with Crippen LogP contribution in [-0.2, 0) is 33.4 Å². The Morgan fingerprint density at radius 1 is 0.750 bits per heavy atom. The van der Waals surface area contributed by atoms with Gasteiger partial charge in [-0.05, 0) is 0 Å². The van der Waals surface area contributed by atoms with Gasteiger partial charge < -0.3 is 24.3 Å². The summed E-state index contributed by atoms with van der Waals surface area (Å²) in [6.45, 7) is -0.402. The van der Waals surface area contributed by atoms with Crippen LogP contribution in [0.3, 0.4) is 0 Å². The van der Waals surface area contributed by atoms with E-state index in [-0.39, 0.29) is 58.5 Å². The summed E-state index contributed by atoms with van der Waals surface area (Å²) in [5.41, 5.74) is 0. The third-order valence-corrected chi connectivity index (χ3v) is 4.38. The minimum absolute atomic E-state index is 0.0152. The maximum atomic E-state index is 13.4.